The Labute approximate surface area is 133 Å². The second-order valence-electron chi connectivity index (χ2n) is 4.71. The van der Waals surface area contributed by atoms with Crippen molar-refractivity contribution in [2.45, 2.75) is 19.4 Å². The van der Waals surface area contributed by atoms with Crippen molar-refractivity contribution in [2.24, 2.45) is 0 Å². The SMILES string of the molecule is N#CCCN(CCC#N)C(=O)Cn1nnc(-c2ccccc2)n1. The highest BCUT2D eigenvalue weighted by Gasteiger charge is 2.15. The highest BCUT2D eigenvalue weighted by Crippen LogP contribution is 2.11. The van der Waals surface area contributed by atoms with Gasteiger partial charge < -0.3 is 4.90 Å². The zero-order chi connectivity index (χ0) is 16.5. The predicted molar refractivity (Wildman–Crippen MR) is 80.3 cm³/mol. The van der Waals surface area contributed by atoms with E-state index in [1.54, 1.807) is 0 Å². The van der Waals surface area contributed by atoms with Gasteiger partial charge in [0.15, 0.2) is 0 Å². The van der Waals surface area contributed by atoms with Gasteiger partial charge in [0.1, 0.15) is 6.54 Å². The maximum atomic E-state index is 12.2. The van der Waals surface area contributed by atoms with E-state index in [1.165, 1.54) is 9.70 Å². The van der Waals surface area contributed by atoms with Crippen LogP contribution in [0.5, 0.6) is 0 Å². The fourth-order valence-corrected chi connectivity index (χ4v) is 1.97. The van der Waals surface area contributed by atoms with Gasteiger partial charge in [0.25, 0.3) is 0 Å². The minimum atomic E-state index is -0.243. The molecule has 2 rings (SSSR count). The predicted octanol–water partition coefficient (Wildman–Crippen LogP) is 0.996. The second kappa shape index (κ2) is 8.25. The summed E-state index contributed by atoms with van der Waals surface area (Å²) in [6.07, 6.45) is 0.439. The minimum Gasteiger partial charge on any atom is -0.339 e. The maximum absolute atomic E-state index is 12.2. The summed E-state index contributed by atoms with van der Waals surface area (Å²) in [5.41, 5.74) is 0.817. The van der Waals surface area contributed by atoms with Crippen LogP contribution in [0.1, 0.15) is 12.8 Å². The lowest BCUT2D eigenvalue weighted by atomic mass is 10.2. The summed E-state index contributed by atoms with van der Waals surface area (Å²) < 4.78 is 0. The third-order valence-corrected chi connectivity index (χ3v) is 3.10. The molecule has 0 bridgehead atoms. The Morgan fingerprint density at radius 2 is 1.78 bits per heavy atom. The number of nitrogens with zero attached hydrogens (tertiary/aromatic N) is 7. The number of amides is 1. The summed E-state index contributed by atoms with van der Waals surface area (Å²) in [7, 11) is 0. The van der Waals surface area contributed by atoms with Crippen LogP contribution in [0, 0.1) is 22.7 Å². The fraction of sp³-hybridized carbons (Fsp3) is 0.333. The van der Waals surface area contributed by atoms with Gasteiger partial charge in [0, 0.05) is 18.7 Å². The van der Waals surface area contributed by atoms with E-state index in [9.17, 15) is 4.79 Å². The first-order valence-corrected chi connectivity index (χ1v) is 7.09. The topological polar surface area (TPSA) is 111 Å². The second-order valence-corrected chi connectivity index (χ2v) is 4.71. The van der Waals surface area contributed by atoms with E-state index in [0.29, 0.717) is 5.82 Å². The third kappa shape index (κ3) is 4.61. The largest absolute Gasteiger partial charge is 0.339 e. The molecule has 0 radical (unpaired) electrons. The number of benzene rings is 1. The van der Waals surface area contributed by atoms with Crippen molar-refractivity contribution >= 4 is 5.91 Å². The molecular formula is C15H15N7O. The minimum absolute atomic E-state index is 0.0727. The first kappa shape index (κ1) is 16.1. The Morgan fingerprint density at radius 1 is 1.13 bits per heavy atom. The van der Waals surface area contributed by atoms with Crippen LogP contribution >= 0.6 is 0 Å². The quantitative estimate of drug-likeness (QED) is 0.754. The van der Waals surface area contributed by atoms with Gasteiger partial charge in [-0.25, -0.2) is 0 Å². The lowest BCUT2D eigenvalue weighted by molar-refractivity contribution is -0.132. The molecule has 0 aliphatic heterocycles. The molecule has 8 nitrogen and oxygen atoms in total. The van der Waals surface area contributed by atoms with Crippen molar-refractivity contribution < 1.29 is 4.79 Å². The van der Waals surface area contributed by atoms with Gasteiger partial charge in [0.05, 0.1) is 25.0 Å². The summed E-state index contributed by atoms with van der Waals surface area (Å²) in [5.74, 6) is 0.200. The number of carbonyl (C=O) groups excluding carboxylic acids is 1. The Hall–Kier alpha value is -3.26. The van der Waals surface area contributed by atoms with Gasteiger partial charge in [-0.05, 0) is 5.21 Å². The molecule has 0 fully saturated rings. The van der Waals surface area contributed by atoms with Crippen LogP contribution in [0.2, 0.25) is 0 Å². The standard InChI is InChI=1S/C15H15N7O/c16-8-4-10-21(11-5-9-17)14(23)12-22-19-15(18-20-22)13-6-2-1-3-7-13/h1-3,6-7H,4-5,10-12H2. The van der Waals surface area contributed by atoms with Crippen molar-refractivity contribution in [1.82, 2.24) is 25.1 Å². The van der Waals surface area contributed by atoms with Gasteiger partial charge in [0.2, 0.25) is 11.7 Å². The maximum Gasteiger partial charge on any atom is 0.246 e. The number of hydrogen-bond acceptors (Lipinski definition) is 6. The van der Waals surface area contributed by atoms with Crippen molar-refractivity contribution in [2.75, 3.05) is 13.1 Å². The van der Waals surface area contributed by atoms with Crippen LogP contribution in [-0.2, 0) is 11.3 Å². The molecule has 1 amide bonds. The Balaban J connectivity index is 2.02. The summed E-state index contributed by atoms with van der Waals surface area (Å²) in [5, 5.41) is 29.3. The number of hydrogen-bond donors (Lipinski definition) is 0. The Morgan fingerprint density at radius 3 is 2.39 bits per heavy atom. The summed E-state index contributed by atoms with van der Waals surface area (Å²) in [4.78, 5) is 14.9. The molecule has 0 spiro atoms. The van der Waals surface area contributed by atoms with Gasteiger partial charge >= 0.3 is 0 Å². The van der Waals surface area contributed by atoms with Gasteiger partial charge in [-0.15, -0.1) is 10.2 Å². The molecule has 0 aliphatic rings. The normalized spacial score (nSPS) is 9.83. The molecule has 1 aromatic heterocycles. The molecule has 2 aromatic rings. The Bertz CT molecular complexity index is 708. The molecule has 116 valence electrons. The van der Waals surface area contributed by atoms with E-state index in [-0.39, 0.29) is 38.4 Å². The Kier molecular flexibility index (Phi) is 5.78. The van der Waals surface area contributed by atoms with E-state index in [0.717, 1.165) is 5.56 Å². The lowest BCUT2D eigenvalue weighted by Gasteiger charge is -2.19. The highest BCUT2D eigenvalue weighted by molar-refractivity contribution is 5.75. The van der Waals surface area contributed by atoms with Gasteiger partial charge in [-0.1, -0.05) is 30.3 Å². The van der Waals surface area contributed by atoms with Crippen LogP contribution in [0.25, 0.3) is 11.4 Å². The van der Waals surface area contributed by atoms with E-state index in [1.807, 2.05) is 42.5 Å². The molecule has 1 heterocycles. The molecule has 0 N–H and O–H groups in total. The average molecular weight is 309 g/mol. The van der Waals surface area contributed by atoms with Crippen molar-refractivity contribution in [3.63, 3.8) is 0 Å². The van der Waals surface area contributed by atoms with Gasteiger partial charge in [-0.2, -0.15) is 15.3 Å². The molecule has 0 unspecified atom stereocenters. The molecule has 23 heavy (non-hydrogen) atoms. The van der Waals surface area contributed by atoms with E-state index < -0.39 is 0 Å². The van der Waals surface area contributed by atoms with Gasteiger partial charge in [-0.3, -0.25) is 4.79 Å². The van der Waals surface area contributed by atoms with Crippen LogP contribution < -0.4 is 0 Å². The molecule has 0 saturated heterocycles. The molecule has 1 aromatic carbocycles. The van der Waals surface area contributed by atoms with E-state index >= 15 is 0 Å². The molecule has 0 saturated carbocycles. The first-order valence-electron chi connectivity index (χ1n) is 7.09. The number of aromatic nitrogens is 4. The third-order valence-electron chi connectivity index (χ3n) is 3.10. The summed E-state index contributed by atoms with van der Waals surface area (Å²) in [6.45, 7) is 0.505. The highest BCUT2D eigenvalue weighted by atomic mass is 16.2. The van der Waals surface area contributed by atoms with Crippen molar-refractivity contribution in [1.29, 1.82) is 10.5 Å². The average Bonchev–Trinajstić information content (AvgIpc) is 3.04. The van der Waals surface area contributed by atoms with Crippen molar-refractivity contribution in [3.8, 4) is 23.5 Å². The molecule has 0 atom stereocenters. The smallest absolute Gasteiger partial charge is 0.246 e. The van der Waals surface area contributed by atoms with Crippen molar-refractivity contribution in [3.05, 3.63) is 30.3 Å². The van der Waals surface area contributed by atoms with E-state index in [4.69, 9.17) is 10.5 Å². The number of tetrazole rings is 1. The van der Waals surface area contributed by atoms with Crippen LogP contribution in [0.4, 0.5) is 0 Å². The van der Waals surface area contributed by atoms with Crippen LogP contribution in [-0.4, -0.2) is 44.1 Å². The summed E-state index contributed by atoms with van der Waals surface area (Å²) in [6, 6.07) is 13.3. The van der Waals surface area contributed by atoms with Crippen LogP contribution in [0.3, 0.4) is 0 Å². The first-order chi connectivity index (χ1) is 11.2. The van der Waals surface area contributed by atoms with E-state index in [2.05, 4.69) is 15.4 Å². The van der Waals surface area contributed by atoms with Crippen LogP contribution in [0.15, 0.2) is 30.3 Å². The number of carbonyl (C=O) groups is 1. The number of nitriles is 2. The summed E-state index contributed by atoms with van der Waals surface area (Å²) >= 11 is 0. The zero-order valence-electron chi connectivity index (χ0n) is 12.5. The molecule has 0 aliphatic carbocycles. The monoisotopic (exact) mass is 309 g/mol. The lowest BCUT2D eigenvalue weighted by Crippen LogP contribution is -2.35. The molecule has 8 heteroatoms. The number of rotatable bonds is 7. The fourth-order valence-electron chi connectivity index (χ4n) is 1.97. The zero-order valence-corrected chi connectivity index (χ0v) is 12.5. The molecular weight excluding hydrogens is 294 g/mol.